The largest absolute Gasteiger partial charge is 0.289 e. The van der Waals surface area contributed by atoms with Gasteiger partial charge in [-0.3, -0.25) is 14.8 Å². The quantitative estimate of drug-likeness (QED) is 0.391. The van der Waals surface area contributed by atoms with Gasteiger partial charge in [-0.1, -0.05) is 30.3 Å². The van der Waals surface area contributed by atoms with Crippen LogP contribution in [0.3, 0.4) is 0 Å². The molecule has 0 fully saturated rings. The Bertz CT molecular complexity index is 1140. The molecule has 1 N–H and O–H groups in total. The first-order valence-electron chi connectivity index (χ1n) is 7.33. The maximum absolute atomic E-state index is 14.1. The molecule has 1 heterocycles. The molecule has 0 saturated carbocycles. The summed E-state index contributed by atoms with van der Waals surface area (Å²) < 4.78 is 41.7. The van der Waals surface area contributed by atoms with Crippen molar-refractivity contribution in [2.75, 3.05) is 4.72 Å². The summed E-state index contributed by atoms with van der Waals surface area (Å²) in [5, 5.41) is 10.9. The number of nitrogens with zero attached hydrogens (tertiary/aromatic N) is 3. The lowest BCUT2D eigenvalue weighted by Crippen LogP contribution is -2.15. The fourth-order valence-electron chi connectivity index (χ4n) is 2.35. The van der Waals surface area contributed by atoms with Crippen molar-refractivity contribution in [1.82, 2.24) is 9.97 Å². The molecule has 0 aliphatic heterocycles. The molecule has 138 valence electrons. The van der Waals surface area contributed by atoms with Gasteiger partial charge in [-0.2, -0.15) is 0 Å². The lowest BCUT2D eigenvalue weighted by molar-refractivity contribution is -0.387. The highest BCUT2D eigenvalue weighted by Gasteiger charge is 2.26. The zero-order chi connectivity index (χ0) is 19.6. The third-order valence-corrected chi connectivity index (χ3v) is 5.09. The van der Waals surface area contributed by atoms with Crippen molar-refractivity contribution in [2.45, 2.75) is 4.90 Å². The highest BCUT2D eigenvalue weighted by molar-refractivity contribution is 7.92. The molecule has 0 unspecified atom stereocenters. The average Bonchev–Trinajstić information content (AvgIpc) is 2.64. The van der Waals surface area contributed by atoms with Gasteiger partial charge in [-0.05, 0) is 23.7 Å². The minimum absolute atomic E-state index is 0.0238. The van der Waals surface area contributed by atoms with Gasteiger partial charge in [0.1, 0.15) is 5.69 Å². The van der Waals surface area contributed by atoms with Crippen LogP contribution < -0.4 is 4.72 Å². The van der Waals surface area contributed by atoms with Crippen molar-refractivity contribution in [2.24, 2.45) is 0 Å². The summed E-state index contributed by atoms with van der Waals surface area (Å²) in [5.74, 6) is -0.809. The summed E-state index contributed by atoms with van der Waals surface area (Å²) in [6.45, 7) is 0. The lowest BCUT2D eigenvalue weighted by atomic mass is 10.1. The predicted molar refractivity (Wildman–Crippen MR) is 96.3 cm³/mol. The summed E-state index contributed by atoms with van der Waals surface area (Å²) >= 11 is 5.70. The van der Waals surface area contributed by atoms with Crippen LogP contribution in [0.2, 0.25) is 5.28 Å². The standard InChI is InChI=1S/C16H10ClFN4O4S/c17-16-19-9-11(18)15(20-16)10-5-1-2-6-12(10)21-27(25,26)14-8-4-3-7-13(14)22(23)24/h1-9,21H. The van der Waals surface area contributed by atoms with E-state index in [-0.39, 0.29) is 22.2 Å². The summed E-state index contributed by atoms with van der Waals surface area (Å²) in [5.41, 5.74) is -0.722. The smallest absolute Gasteiger partial charge is 0.279 e. The molecule has 0 radical (unpaired) electrons. The molecule has 1 aromatic heterocycles. The van der Waals surface area contributed by atoms with Gasteiger partial charge in [-0.25, -0.2) is 22.8 Å². The van der Waals surface area contributed by atoms with E-state index in [4.69, 9.17) is 11.6 Å². The third-order valence-electron chi connectivity index (χ3n) is 3.49. The van der Waals surface area contributed by atoms with Crippen LogP contribution in [0.5, 0.6) is 0 Å². The van der Waals surface area contributed by atoms with Crippen molar-refractivity contribution in [3.05, 3.63) is 75.9 Å². The van der Waals surface area contributed by atoms with E-state index in [0.717, 1.165) is 18.3 Å². The molecule has 0 amide bonds. The average molecular weight is 409 g/mol. The molecular weight excluding hydrogens is 399 g/mol. The molecule has 0 atom stereocenters. The maximum atomic E-state index is 14.1. The normalized spacial score (nSPS) is 11.2. The van der Waals surface area contributed by atoms with Gasteiger partial charge in [0.15, 0.2) is 10.7 Å². The second-order valence-corrected chi connectivity index (χ2v) is 7.20. The molecule has 8 nitrogen and oxygen atoms in total. The van der Waals surface area contributed by atoms with Crippen molar-refractivity contribution in [3.8, 4) is 11.3 Å². The second-order valence-electron chi connectivity index (χ2n) is 5.21. The van der Waals surface area contributed by atoms with Gasteiger partial charge in [0, 0.05) is 11.6 Å². The van der Waals surface area contributed by atoms with Gasteiger partial charge < -0.3 is 0 Å². The monoisotopic (exact) mass is 408 g/mol. The van der Waals surface area contributed by atoms with E-state index in [0.29, 0.717) is 0 Å². The number of anilines is 1. The Kier molecular flexibility index (Phi) is 5.02. The van der Waals surface area contributed by atoms with E-state index >= 15 is 0 Å². The van der Waals surface area contributed by atoms with Crippen molar-refractivity contribution in [1.29, 1.82) is 0 Å². The van der Waals surface area contributed by atoms with E-state index in [2.05, 4.69) is 14.7 Å². The Balaban J connectivity index is 2.10. The number of rotatable bonds is 5. The van der Waals surface area contributed by atoms with E-state index in [1.165, 1.54) is 30.3 Å². The van der Waals surface area contributed by atoms with Crippen LogP contribution in [0.15, 0.2) is 59.6 Å². The predicted octanol–water partition coefficient (Wildman–Crippen LogP) is 3.65. The van der Waals surface area contributed by atoms with Crippen LogP contribution in [-0.4, -0.2) is 23.3 Å². The van der Waals surface area contributed by atoms with Gasteiger partial charge >= 0.3 is 0 Å². The Morgan fingerprint density at radius 2 is 1.78 bits per heavy atom. The van der Waals surface area contributed by atoms with Crippen molar-refractivity contribution in [3.63, 3.8) is 0 Å². The van der Waals surface area contributed by atoms with Crippen LogP contribution in [0.4, 0.5) is 15.8 Å². The van der Waals surface area contributed by atoms with E-state index in [1.807, 2.05) is 0 Å². The number of benzene rings is 2. The molecule has 11 heteroatoms. The Morgan fingerprint density at radius 3 is 2.52 bits per heavy atom. The number of halogens is 2. The summed E-state index contributed by atoms with van der Waals surface area (Å²) in [6, 6.07) is 10.8. The molecule has 0 saturated heterocycles. The zero-order valence-electron chi connectivity index (χ0n) is 13.3. The fraction of sp³-hybridized carbons (Fsp3) is 0. The summed E-state index contributed by atoms with van der Waals surface area (Å²) in [7, 11) is -4.33. The van der Waals surface area contributed by atoms with Gasteiger partial charge in [-0.15, -0.1) is 0 Å². The third kappa shape index (κ3) is 3.86. The first-order chi connectivity index (χ1) is 12.8. The number of sulfonamides is 1. The summed E-state index contributed by atoms with van der Waals surface area (Å²) in [6.07, 6.45) is 0.859. The Hall–Kier alpha value is -3.11. The van der Waals surface area contributed by atoms with E-state index in [1.54, 1.807) is 6.07 Å². The number of nitro benzene ring substituents is 1. The highest BCUT2D eigenvalue weighted by atomic mass is 35.5. The van der Waals surface area contributed by atoms with Gasteiger partial charge in [0.05, 0.1) is 16.8 Å². The number of hydrogen-bond acceptors (Lipinski definition) is 6. The first kappa shape index (κ1) is 18.7. The minimum atomic E-state index is -4.33. The molecule has 3 aromatic rings. The SMILES string of the molecule is O=[N+]([O-])c1ccccc1S(=O)(=O)Nc1ccccc1-c1nc(Cl)ncc1F. The molecule has 0 aliphatic carbocycles. The Morgan fingerprint density at radius 1 is 1.11 bits per heavy atom. The minimum Gasteiger partial charge on any atom is -0.279 e. The number of aromatic nitrogens is 2. The number of nitro groups is 1. The van der Waals surface area contributed by atoms with Crippen LogP contribution in [0, 0.1) is 15.9 Å². The number of para-hydroxylation sites is 2. The first-order valence-corrected chi connectivity index (χ1v) is 9.19. The van der Waals surface area contributed by atoms with E-state index < -0.39 is 31.3 Å². The second kappa shape index (κ2) is 7.25. The maximum Gasteiger partial charge on any atom is 0.289 e. The molecule has 2 aromatic carbocycles. The number of nitrogens with one attached hydrogen (secondary N) is 1. The number of hydrogen-bond donors (Lipinski definition) is 1. The molecule has 0 spiro atoms. The van der Waals surface area contributed by atoms with Crippen LogP contribution in [0.1, 0.15) is 0 Å². The fourth-order valence-corrected chi connectivity index (χ4v) is 3.73. The topological polar surface area (TPSA) is 115 Å². The summed E-state index contributed by atoms with van der Waals surface area (Å²) in [4.78, 5) is 17.1. The van der Waals surface area contributed by atoms with Crippen LogP contribution in [0.25, 0.3) is 11.3 Å². The Labute approximate surface area is 157 Å². The molecular formula is C16H10ClFN4O4S. The highest BCUT2D eigenvalue weighted by Crippen LogP contribution is 2.32. The molecule has 0 bridgehead atoms. The molecule has 27 heavy (non-hydrogen) atoms. The molecule has 0 aliphatic rings. The lowest BCUT2D eigenvalue weighted by Gasteiger charge is -2.13. The zero-order valence-corrected chi connectivity index (χ0v) is 14.9. The van der Waals surface area contributed by atoms with Crippen molar-refractivity contribution < 1.29 is 17.7 Å². The van der Waals surface area contributed by atoms with Crippen LogP contribution in [-0.2, 0) is 10.0 Å². The van der Waals surface area contributed by atoms with E-state index in [9.17, 15) is 22.9 Å². The van der Waals surface area contributed by atoms with Crippen LogP contribution >= 0.6 is 11.6 Å². The molecule has 3 rings (SSSR count). The van der Waals surface area contributed by atoms with Gasteiger partial charge in [0.25, 0.3) is 15.7 Å². The van der Waals surface area contributed by atoms with Gasteiger partial charge in [0.2, 0.25) is 5.28 Å². The van der Waals surface area contributed by atoms with Crippen molar-refractivity contribution >= 4 is 33.0 Å².